The molecule has 0 saturated heterocycles. The zero-order chi connectivity index (χ0) is 20.1. The number of benzene rings is 2. The third-order valence-electron chi connectivity index (χ3n) is 4.13. The lowest BCUT2D eigenvalue weighted by molar-refractivity contribution is 0.103. The quantitative estimate of drug-likeness (QED) is 0.335. The molecule has 0 radical (unpaired) electrons. The van der Waals surface area contributed by atoms with E-state index in [1.165, 1.54) is 6.20 Å². The predicted octanol–water partition coefficient (Wildman–Crippen LogP) is 5.62. The van der Waals surface area contributed by atoms with Crippen molar-refractivity contribution in [1.29, 1.82) is 5.26 Å². The highest BCUT2D eigenvalue weighted by atomic mass is 35.5. The number of nitriles is 1. The normalized spacial score (nSPS) is 11.0. The molecule has 28 heavy (non-hydrogen) atoms. The molecule has 1 aromatic heterocycles. The second-order valence-corrected chi connectivity index (χ2v) is 6.40. The van der Waals surface area contributed by atoms with Gasteiger partial charge in [0.1, 0.15) is 28.9 Å². The first-order valence-corrected chi connectivity index (χ1v) is 8.81. The highest BCUT2D eigenvalue weighted by Crippen LogP contribution is 2.28. The first-order valence-electron chi connectivity index (χ1n) is 8.43. The number of carbonyl (C=O) groups excluding carboxylic acids is 1. The molecule has 0 fully saturated rings. The van der Waals surface area contributed by atoms with Crippen LogP contribution in [0.25, 0.3) is 11.3 Å². The maximum absolute atomic E-state index is 12.8. The largest absolute Gasteiger partial charge is 0.497 e. The number of nitrogens with zero attached hydrogens (tertiary/aromatic N) is 1. The Morgan fingerprint density at radius 1 is 1.18 bits per heavy atom. The van der Waals surface area contributed by atoms with E-state index in [2.05, 4.69) is 5.32 Å². The van der Waals surface area contributed by atoms with Gasteiger partial charge in [0.25, 0.3) is 0 Å². The Hall–Kier alpha value is -3.49. The van der Waals surface area contributed by atoms with Gasteiger partial charge >= 0.3 is 0 Å². The van der Waals surface area contributed by atoms with E-state index in [0.717, 1.165) is 17.0 Å². The molecule has 140 valence electrons. The van der Waals surface area contributed by atoms with Crippen molar-refractivity contribution in [3.63, 3.8) is 0 Å². The molecule has 0 saturated carbocycles. The molecule has 1 N–H and O–H groups in total. The molecule has 0 amide bonds. The number of hydrogen-bond acceptors (Lipinski definition) is 5. The summed E-state index contributed by atoms with van der Waals surface area (Å²) < 4.78 is 10.8. The Morgan fingerprint density at radius 2 is 1.86 bits per heavy atom. The molecule has 2 aromatic carbocycles. The van der Waals surface area contributed by atoms with Crippen LogP contribution in [0.3, 0.4) is 0 Å². The standard InChI is InChI=1S/C22H17ClN2O3/c1-14-20(11-21(28-14)15-3-5-17(23)6-4-15)22(26)16(12-24)13-25-18-7-9-19(27-2)10-8-18/h3-11,13,25H,1-2H3. The van der Waals surface area contributed by atoms with Gasteiger partial charge in [-0.25, -0.2) is 0 Å². The maximum atomic E-state index is 12.8. The van der Waals surface area contributed by atoms with Gasteiger partial charge in [-0.3, -0.25) is 4.79 Å². The molecule has 0 spiro atoms. The van der Waals surface area contributed by atoms with E-state index in [0.29, 0.717) is 22.1 Å². The van der Waals surface area contributed by atoms with Crippen LogP contribution in [0.5, 0.6) is 5.75 Å². The van der Waals surface area contributed by atoms with Gasteiger partial charge in [-0.15, -0.1) is 0 Å². The number of halogens is 1. The number of allylic oxidation sites excluding steroid dienone is 1. The van der Waals surface area contributed by atoms with Gasteiger partial charge < -0.3 is 14.5 Å². The van der Waals surface area contributed by atoms with Gasteiger partial charge in [0.05, 0.1) is 12.7 Å². The van der Waals surface area contributed by atoms with Gasteiger partial charge in [-0.2, -0.15) is 5.26 Å². The smallest absolute Gasteiger partial charge is 0.208 e. The lowest BCUT2D eigenvalue weighted by atomic mass is 10.0. The Morgan fingerprint density at radius 3 is 2.46 bits per heavy atom. The van der Waals surface area contributed by atoms with Crippen molar-refractivity contribution in [1.82, 2.24) is 0 Å². The zero-order valence-electron chi connectivity index (χ0n) is 15.3. The van der Waals surface area contributed by atoms with E-state index < -0.39 is 5.78 Å². The first-order chi connectivity index (χ1) is 13.5. The fraction of sp³-hybridized carbons (Fsp3) is 0.0909. The molecule has 0 aliphatic rings. The summed E-state index contributed by atoms with van der Waals surface area (Å²) in [6.45, 7) is 1.69. The Kier molecular flexibility index (Phi) is 5.83. The monoisotopic (exact) mass is 392 g/mol. The summed E-state index contributed by atoms with van der Waals surface area (Å²) in [7, 11) is 1.58. The lowest BCUT2D eigenvalue weighted by Gasteiger charge is -2.04. The lowest BCUT2D eigenvalue weighted by Crippen LogP contribution is -2.04. The number of anilines is 1. The van der Waals surface area contributed by atoms with E-state index in [-0.39, 0.29) is 5.57 Å². The van der Waals surface area contributed by atoms with Crippen molar-refractivity contribution in [2.45, 2.75) is 6.92 Å². The molecule has 0 bridgehead atoms. The number of Topliss-reactive ketones (excluding diaryl/α,β-unsaturated/α-hetero) is 1. The summed E-state index contributed by atoms with van der Waals surface area (Å²) in [5.74, 6) is 1.29. The Bertz CT molecular complexity index is 1060. The van der Waals surface area contributed by atoms with E-state index in [4.69, 9.17) is 20.8 Å². The van der Waals surface area contributed by atoms with Crippen LogP contribution < -0.4 is 10.1 Å². The molecule has 0 unspecified atom stereocenters. The molecule has 0 aliphatic carbocycles. The summed E-state index contributed by atoms with van der Waals surface area (Å²) in [4.78, 5) is 12.8. The van der Waals surface area contributed by atoms with Crippen LogP contribution in [0.4, 0.5) is 5.69 Å². The van der Waals surface area contributed by atoms with Crippen LogP contribution in [0.1, 0.15) is 16.1 Å². The first kappa shape index (κ1) is 19.3. The van der Waals surface area contributed by atoms with Gasteiger partial charge in [-0.1, -0.05) is 11.6 Å². The average molecular weight is 393 g/mol. The number of ether oxygens (including phenoxy) is 1. The van der Waals surface area contributed by atoms with Crippen LogP contribution in [0, 0.1) is 18.3 Å². The third-order valence-corrected chi connectivity index (χ3v) is 4.38. The average Bonchev–Trinajstić information content (AvgIpc) is 3.11. The summed E-state index contributed by atoms with van der Waals surface area (Å²) >= 11 is 5.91. The number of ketones is 1. The zero-order valence-corrected chi connectivity index (χ0v) is 16.1. The number of aryl methyl sites for hydroxylation is 1. The highest BCUT2D eigenvalue weighted by Gasteiger charge is 2.19. The molecular formula is C22H17ClN2O3. The van der Waals surface area contributed by atoms with Crippen molar-refractivity contribution in [2.75, 3.05) is 12.4 Å². The number of methoxy groups -OCH3 is 1. The molecular weight excluding hydrogens is 376 g/mol. The summed E-state index contributed by atoms with van der Waals surface area (Å²) in [5, 5.41) is 13.0. The predicted molar refractivity (Wildman–Crippen MR) is 109 cm³/mol. The van der Waals surface area contributed by atoms with Crippen molar-refractivity contribution in [3.8, 4) is 23.1 Å². The minimum Gasteiger partial charge on any atom is -0.497 e. The van der Waals surface area contributed by atoms with Crippen molar-refractivity contribution in [2.24, 2.45) is 0 Å². The van der Waals surface area contributed by atoms with Crippen molar-refractivity contribution >= 4 is 23.1 Å². The van der Waals surface area contributed by atoms with Crippen molar-refractivity contribution in [3.05, 3.63) is 82.7 Å². The molecule has 6 heteroatoms. The molecule has 3 aromatic rings. The second kappa shape index (κ2) is 8.47. The SMILES string of the molecule is COc1ccc(NC=C(C#N)C(=O)c2cc(-c3ccc(Cl)cc3)oc2C)cc1. The number of carbonyl (C=O) groups is 1. The fourth-order valence-corrected chi connectivity index (χ4v) is 2.73. The number of hydrogen-bond donors (Lipinski definition) is 1. The Labute approximate surface area is 167 Å². The van der Waals surface area contributed by atoms with Gasteiger partial charge in [-0.05, 0) is 61.5 Å². The topological polar surface area (TPSA) is 75.3 Å². The summed E-state index contributed by atoms with van der Waals surface area (Å²) in [6, 6.07) is 17.8. The molecule has 0 aliphatic heterocycles. The number of nitrogens with one attached hydrogen (secondary N) is 1. The van der Waals surface area contributed by atoms with E-state index >= 15 is 0 Å². The van der Waals surface area contributed by atoms with Crippen LogP contribution in [-0.4, -0.2) is 12.9 Å². The van der Waals surface area contributed by atoms with Crippen LogP contribution in [-0.2, 0) is 0 Å². The summed E-state index contributed by atoms with van der Waals surface area (Å²) in [5.41, 5.74) is 1.84. The van der Waals surface area contributed by atoms with Crippen LogP contribution >= 0.6 is 11.6 Å². The second-order valence-electron chi connectivity index (χ2n) is 5.96. The van der Waals surface area contributed by atoms with E-state index in [9.17, 15) is 10.1 Å². The van der Waals surface area contributed by atoms with Crippen LogP contribution in [0.2, 0.25) is 5.02 Å². The number of furan rings is 1. The Balaban J connectivity index is 1.82. The highest BCUT2D eigenvalue weighted by molar-refractivity contribution is 6.30. The van der Waals surface area contributed by atoms with Gasteiger partial charge in [0.2, 0.25) is 5.78 Å². The number of rotatable bonds is 6. The maximum Gasteiger partial charge on any atom is 0.208 e. The minimum atomic E-state index is -0.412. The molecule has 1 heterocycles. The molecule has 3 rings (SSSR count). The third kappa shape index (κ3) is 4.25. The molecule has 0 atom stereocenters. The van der Waals surface area contributed by atoms with Crippen LogP contribution in [0.15, 0.2) is 70.8 Å². The minimum absolute atomic E-state index is 0.0256. The van der Waals surface area contributed by atoms with Gasteiger partial charge in [0, 0.05) is 22.5 Å². The molecule has 5 nitrogen and oxygen atoms in total. The fourth-order valence-electron chi connectivity index (χ4n) is 2.60. The van der Waals surface area contributed by atoms with Crippen molar-refractivity contribution < 1.29 is 13.9 Å². The van der Waals surface area contributed by atoms with E-state index in [1.54, 1.807) is 68.6 Å². The van der Waals surface area contributed by atoms with E-state index in [1.807, 2.05) is 6.07 Å². The van der Waals surface area contributed by atoms with Gasteiger partial charge in [0.15, 0.2) is 0 Å². The summed E-state index contributed by atoms with van der Waals surface area (Å²) in [6.07, 6.45) is 1.39.